The van der Waals surface area contributed by atoms with Gasteiger partial charge in [-0.15, -0.1) is 0 Å². The maximum Gasteiger partial charge on any atom is 0.238 e. The first-order chi connectivity index (χ1) is 6.67. The molecule has 0 saturated carbocycles. The first-order valence-corrected chi connectivity index (χ1v) is 4.02. The van der Waals surface area contributed by atoms with E-state index >= 15 is 0 Å². The molecule has 0 bridgehead atoms. The van der Waals surface area contributed by atoms with Crippen molar-refractivity contribution in [2.45, 2.75) is 6.42 Å². The molecule has 0 saturated heterocycles. The highest BCUT2D eigenvalue weighted by Gasteiger charge is 2.05. The number of rotatable bonds is 3. The van der Waals surface area contributed by atoms with Crippen molar-refractivity contribution in [3.63, 3.8) is 0 Å². The number of carbonyl (C=O) groups is 1. The van der Waals surface area contributed by atoms with Gasteiger partial charge < -0.3 is 9.84 Å². The Morgan fingerprint density at radius 1 is 1.64 bits per heavy atom. The number of amides is 1. The third kappa shape index (κ3) is 2.37. The molecule has 1 aromatic carbocycles. The van der Waals surface area contributed by atoms with Gasteiger partial charge in [-0.05, 0) is 17.7 Å². The molecule has 76 valence electrons. The van der Waals surface area contributed by atoms with E-state index in [-0.39, 0.29) is 18.1 Å². The van der Waals surface area contributed by atoms with Crippen molar-refractivity contribution < 1.29 is 14.6 Å². The van der Waals surface area contributed by atoms with Crippen LogP contribution in [0, 0.1) is 0 Å². The fraction of sp³-hybridized carbons (Fsp3) is 0.222. The van der Waals surface area contributed by atoms with Crippen LogP contribution in [0.15, 0.2) is 18.2 Å². The van der Waals surface area contributed by atoms with Crippen LogP contribution in [0.4, 0.5) is 0 Å². The summed E-state index contributed by atoms with van der Waals surface area (Å²) in [6.45, 7) is 0. The minimum atomic E-state index is -0.294. The molecular formula is C9H12N2O3. The minimum absolute atomic E-state index is 0.0457. The number of hydrazine groups is 1. The van der Waals surface area contributed by atoms with Gasteiger partial charge in [0.15, 0.2) is 11.5 Å². The Hall–Kier alpha value is -1.75. The first kappa shape index (κ1) is 10.3. The van der Waals surface area contributed by atoms with Gasteiger partial charge in [-0.3, -0.25) is 10.2 Å². The number of phenols is 1. The largest absolute Gasteiger partial charge is 0.504 e. The van der Waals surface area contributed by atoms with E-state index in [2.05, 4.69) is 0 Å². The molecule has 14 heavy (non-hydrogen) atoms. The predicted molar refractivity (Wildman–Crippen MR) is 50.7 cm³/mol. The molecule has 0 aliphatic rings. The van der Waals surface area contributed by atoms with Crippen molar-refractivity contribution in [1.29, 1.82) is 0 Å². The van der Waals surface area contributed by atoms with Gasteiger partial charge in [0, 0.05) is 0 Å². The summed E-state index contributed by atoms with van der Waals surface area (Å²) in [5, 5.41) is 9.28. The molecule has 0 atom stereocenters. The SMILES string of the molecule is COc1cc(CC(=O)NN)ccc1O. The van der Waals surface area contributed by atoms with E-state index in [4.69, 9.17) is 10.6 Å². The molecule has 1 rings (SSSR count). The lowest BCUT2D eigenvalue weighted by molar-refractivity contribution is -0.120. The summed E-state index contributed by atoms with van der Waals surface area (Å²) in [7, 11) is 1.45. The fourth-order valence-corrected chi connectivity index (χ4v) is 1.07. The molecule has 0 fully saturated rings. The molecule has 1 aromatic rings. The van der Waals surface area contributed by atoms with Gasteiger partial charge in [0.1, 0.15) is 0 Å². The lowest BCUT2D eigenvalue weighted by atomic mass is 10.1. The molecule has 5 nitrogen and oxygen atoms in total. The van der Waals surface area contributed by atoms with Gasteiger partial charge in [0.2, 0.25) is 5.91 Å². The lowest BCUT2D eigenvalue weighted by Gasteiger charge is -2.05. The van der Waals surface area contributed by atoms with Gasteiger partial charge in [0.25, 0.3) is 0 Å². The summed E-state index contributed by atoms with van der Waals surface area (Å²) in [6, 6.07) is 4.69. The Bertz CT molecular complexity index is 339. The Kier molecular flexibility index (Phi) is 3.30. The minimum Gasteiger partial charge on any atom is -0.504 e. The summed E-state index contributed by atoms with van der Waals surface area (Å²) < 4.78 is 4.89. The number of aromatic hydroxyl groups is 1. The van der Waals surface area contributed by atoms with E-state index in [1.807, 2.05) is 5.43 Å². The van der Waals surface area contributed by atoms with Gasteiger partial charge in [-0.1, -0.05) is 6.07 Å². The molecule has 0 aromatic heterocycles. The zero-order valence-corrected chi connectivity index (χ0v) is 7.78. The van der Waals surface area contributed by atoms with E-state index in [0.717, 1.165) is 5.56 Å². The Balaban J connectivity index is 2.84. The maximum atomic E-state index is 10.9. The Morgan fingerprint density at radius 2 is 2.36 bits per heavy atom. The highest BCUT2D eigenvalue weighted by Crippen LogP contribution is 2.26. The number of benzene rings is 1. The number of methoxy groups -OCH3 is 1. The molecular weight excluding hydrogens is 184 g/mol. The Morgan fingerprint density at radius 3 is 2.93 bits per heavy atom. The van der Waals surface area contributed by atoms with Crippen molar-refractivity contribution in [3.05, 3.63) is 23.8 Å². The predicted octanol–water partition coefficient (Wildman–Crippen LogP) is -0.0668. The van der Waals surface area contributed by atoms with Gasteiger partial charge in [-0.25, -0.2) is 5.84 Å². The van der Waals surface area contributed by atoms with Crippen molar-refractivity contribution in [2.75, 3.05) is 7.11 Å². The van der Waals surface area contributed by atoms with Gasteiger partial charge in [0.05, 0.1) is 13.5 Å². The average Bonchev–Trinajstić information content (AvgIpc) is 2.20. The topological polar surface area (TPSA) is 84.6 Å². The van der Waals surface area contributed by atoms with Crippen LogP contribution in [-0.4, -0.2) is 18.1 Å². The first-order valence-electron chi connectivity index (χ1n) is 4.02. The van der Waals surface area contributed by atoms with Crippen molar-refractivity contribution in [2.24, 2.45) is 5.84 Å². The van der Waals surface area contributed by atoms with E-state index < -0.39 is 0 Å². The summed E-state index contributed by atoms with van der Waals surface area (Å²) >= 11 is 0. The fourth-order valence-electron chi connectivity index (χ4n) is 1.07. The monoisotopic (exact) mass is 196 g/mol. The van der Waals surface area contributed by atoms with Crippen LogP contribution in [0.1, 0.15) is 5.56 Å². The second kappa shape index (κ2) is 4.48. The van der Waals surface area contributed by atoms with E-state index in [9.17, 15) is 9.90 Å². The molecule has 0 aliphatic carbocycles. The third-order valence-electron chi connectivity index (χ3n) is 1.77. The van der Waals surface area contributed by atoms with Crippen LogP contribution in [-0.2, 0) is 11.2 Å². The number of phenolic OH excluding ortho intramolecular Hbond substituents is 1. The third-order valence-corrected chi connectivity index (χ3v) is 1.77. The van der Waals surface area contributed by atoms with Crippen LogP contribution in [0.25, 0.3) is 0 Å². The van der Waals surface area contributed by atoms with Gasteiger partial charge >= 0.3 is 0 Å². The summed E-state index contributed by atoms with van der Waals surface area (Å²) in [5.74, 6) is 5.03. The van der Waals surface area contributed by atoms with Crippen LogP contribution in [0.5, 0.6) is 11.5 Å². The highest BCUT2D eigenvalue weighted by molar-refractivity contribution is 5.78. The van der Waals surface area contributed by atoms with E-state index in [1.165, 1.54) is 13.2 Å². The summed E-state index contributed by atoms with van der Waals surface area (Å²) in [5.41, 5.74) is 2.75. The molecule has 0 radical (unpaired) electrons. The molecule has 0 aliphatic heterocycles. The van der Waals surface area contributed by atoms with Crippen LogP contribution in [0.2, 0.25) is 0 Å². The molecule has 0 heterocycles. The normalized spacial score (nSPS) is 9.57. The number of ether oxygens (including phenoxy) is 1. The lowest BCUT2D eigenvalue weighted by Crippen LogP contribution is -2.31. The smallest absolute Gasteiger partial charge is 0.238 e. The van der Waals surface area contributed by atoms with E-state index in [0.29, 0.717) is 5.75 Å². The number of hydrogen-bond donors (Lipinski definition) is 3. The number of nitrogens with two attached hydrogens (primary N) is 1. The molecule has 4 N–H and O–H groups in total. The summed E-state index contributed by atoms with van der Waals surface area (Å²) in [4.78, 5) is 10.9. The molecule has 5 heteroatoms. The standard InChI is InChI=1S/C9H12N2O3/c1-14-8-4-6(2-3-7(8)12)5-9(13)11-10/h2-4,12H,5,10H2,1H3,(H,11,13). The average molecular weight is 196 g/mol. The van der Waals surface area contributed by atoms with E-state index in [1.54, 1.807) is 12.1 Å². The van der Waals surface area contributed by atoms with Crippen LogP contribution >= 0.6 is 0 Å². The van der Waals surface area contributed by atoms with Crippen molar-refractivity contribution in [3.8, 4) is 11.5 Å². The quantitative estimate of drug-likeness (QED) is 0.359. The van der Waals surface area contributed by atoms with Crippen LogP contribution in [0.3, 0.4) is 0 Å². The van der Waals surface area contributed by atoms with Crippen molar-refractivity contribution >= 4 is 5.91 Å². The number of carbonyl (C=O) groups excluding carboxylic acids is 1. The molecule has 0 unspecified atom stereocenters. The van der Waals surface area contributed by atoms with Gasteiger partial charge in [-0.2, -0.15) is 0 Å². The van der Waals surface area contributed by atoms with Crippen LogP contribution < -0.4 is 16.0 Å². The zero-order chi connectivity index (χ0) is 10.6. The highest BCUT2D eigenvalue weighted by atomic mass is 16.5. The Labute approximate surface area is 81.5 Å². The number of hydrogen-bond acceptors (Lipinski definition) is 4. The second-order valence-electron chi connectivity index (χ2n) is 2.75. The molecule has 1 amide bonds. The zero-order valence-electron chi connectivity index (χ0n) is 7.78. The molecule has 0 spiro atoms. The summed E-state index contributed by atoms with van der Waals surface area (Å²) in [6.07, 6.45) is 0.160. The number of nitrogens with one attached hydrogen (secondary N) is 1. The van der Waals surface area contributed by atoms with Crippen molar-refractivity contribution in [1.82, 2.24) is 5.43 Å². The second-order valence-corrected chi connectivity index (χ2v) is 2.75. The maximum absolute atomic E-state index is 10.9.